The third-order valence-electron chi connectivity index (χ3n) is 9.75. The maximum Gasteiger partial charge on any atom is 0.335 e. The Morgan fingerprint density at radius 2 is 0.790 bits per heavy atom. The smallest absolute Gasteiger partial charge is 0.335 e. The van der Waals surface area contributed by atoms with Gasteiger partial charge in [-0.25, -0.2) is 19.6 Å². The van der Waals surface area contributed by atoms with Crippen LogP contribution < -0.4 is 21.8 Å². The Balaban J connectivity index is 0.000000164. The van der Waals surface area contributed by atoms with E-state index in [9.17, 15) is 19.2 Å². The molecule has 0 unspecified atom stereocenters. The number of benzene rings is 6. The van der Waals surface area contributed by atoms with Gasteiger partial charge in [-0.05, 0) is 96.1 Å². The van der Waals surface area contributed by atoms with Crippen molar-refractivity contribution in [1.29, 1.82) is 0 Å². The summed E-state index contributed by atoms with van der Waals surface area (Å²) in [4.78, 5) is 57.8. The molecule has 0 aliphatic carbocycles. The number of aromatic nitrogens is 4. The predicted molar refractivity (Wildman–Crippen MR) is 245 cm³/mol. The molecule has 1 fully saturated rings. The van der Waals surface area contributed by atoms with Crippen molar-refractivity contribution in [3.05, 3.63) is 212 Å². The van der Waals surface area contributed by atoms with Crippen LogP contribution in [-0.4, -0.2) is 67.4 Å². The molecule has 1 aliphatic heterocycles. The molecular weight excluding hydrogens is 781 g/mol. The Bertz CT molecular complexity index is 2780. The van der Waals surface area contributed by atoms with Crippen LogP contribution >= 0.6 is 0 Å². The van der Waals surface area contributed by atoms with Gasteiger partial charge in [0, 0.05) is 26.2 Å². The van der Waals surface area contributed by atoms with E-state index in [2.05, 4.69) is 20.6 Å². The van der Waals surface area contributed by atoms with Crippen LogP contribution in [0.1, 0.15) is 43.5 Å². The van der Waals surface area contributed by atoms with Crippen LogP contribution in [0.15, 0.2) is 167 Å². The van der Waals surface area contributed by atoms with Gasteiger partial charge in [-0.3, -0.25) is 18.7 Å². The molecular formula is C50H42N6O6. The minimum absolute atomic E-state index is 0.159. The number of nitrogens with one attached hydrogen (secondary N) is 2. The lowest BCUT2D eigenvalue weighted by molar-refractivity contribution is 0.0686. The monoisotopic (exact) mass is 822 g/mol. The molecule has 6 aromatic carbocycles. The number of rotatable bonds is 8. The molecule has 0 amide bonds. The summed E-state index contributed by atoms with van der Waals surface area (Å²) in [7, 11) is 0. The number of nitrogens with zero attached hydrogens (tertiary/aromatic N) is 4. The molecule has 0 radical (unpaired) electrons. The van der Waals surface area contributed by atoms with Gasteiger partial charge in [0.25, 0.3) is 11.1 Å². The summed E-state index contributed by atoms with van der Waals surface area (Å²) in [5.74, 6) is -1.09. The van der Waals surface area contributed by atoms with Gasteiger partial charge in [0.15, 0.2) is 0 Å². The van der Waals surface area contributed by atoms with Gasteiger partial charge in [-0.1, -0.05) is 97.1 Å². The number of carboxylic acid groups (broad SMARTS) is 2. The fourth-order valence-corrected chi connectivity index (χ4v) is 6.60. The van der Waals surface area contributed by atoms with Crippen LogP contribution in [0.3, 0.4) is 0 Å². The molecule has 0 bridgehead atoms. The molecule has 0 spiro atoms. The minimum atomic E-state index is -1.01. The number of carboxylic acids is 2. The summed E-state index contributed by atoms with van der Waals surface area (Å²) >= 11 is 0. The Labute approximate surface area is 356 Å². The van der Waals surface area contributed by atoms with Crippen LogP contribution in [0.4, 0.5) is 0 Å². The molecule has 1 saturated heterocycles. The summed E-state index contributed by atoms with van der Waals surface area (Å²) in [5, 5.41) is 25.7. The highest BCUT2D eigenvalue weighted by Gasteiger charge is 2.14. The first kappa shape index (κ1) is 42.1. The Hall–Kier alpha value is -8.06. The SMILES string of the molecule is C1CNCCN1.O=C(O)c1ccc(-n2c(/C=C/c3ccccc3)nc3ccccc3c2=O)cc1.O=C(O)c1ccc(-n2c(/C=C/c3ccccc3)nc3ccccc3c2=O)cc1. The van der Waals surface area contributed by atoms with Crippen LogP contribution in [-0.2, 0) is 0 Å². The van der Waals surface area contributed by atoms with E-state index in [0.717, 1.165) is 37.3 Å². The lowest BCUT2D eigenvalue weighted by atomic mass is 10.1. The van der Waals surface area contributed by atoms with Crippen molar-refractivity contribution < 1.29 is 19.8 Å². The molecule has 0 atom stereocenters. The zero-order chi connectivity index (χ0) is 43.3. The van der Waals surface area contributed by atoms with E-state index in [1.165, 1.54) is 33.4 Å². The first-order chi connectivity index (χ1) is 30.3. The summed E-state index contributed by atoms with van der Waals surface area (Å²) in [6, 6.07) is 46.1. The van der Waals surface area contributed by atoms with Gasteiger partial charge in [0.1, 0.15) is 11.6 Å². The summed E-state index contributed by atoms with van der Waals surface area (Å²) in [6.07, 6.45) is 7.35. The number of piperazine rings is 1. The van der Waals surface area contributed by atoms with Gasteiger partial charge < -0.3 is 20.8 Å². The van der Waals surface area contributed by atoms with Gasteiger partial charge in [-0.2, -0.15) is 0 Å². The standard InChI is InChI=1S/2C23H16N2O3.C4H10N2/c2*26-22-19-8-4-5-9-20(19)24-21(15-10-16-6-2-1-3-7-16)25(22)18-13-11-17(12-14-18)23(27)28;1-2-6-4-3-5-1/h2*1-15H,(H,27,28);5-6H,1-4H2/b2*15-10+;. The van der Waals surface area contributed by atoms with Crippen molar-refractivity contribution in [1.82, 2.24) is 29.7 Å². The molecule has 62 heavy (non-hydrogen) atoms. The highest BCUT2D eigenvalue weighted by molar-refractivity contribution is 5.88. The van der Waals surface area contributed by atoms with Crippen molar-refractivity contribution >= 4 is 58.0 Å². The summed E-state index contributed by atoms with van der Waals surface area (Å²) in [5.41, 5.74) is 4.20. The number of hydrogen-bond acceptors (Lipinski definition) is 8. The van der Waals surface area contributed by atoms with Gasteiger partial charge in [0.05, 0.1) is 44.3 Å². The van der Waals surface area contributed by atoms with E-state index in [-0.39, 0.29) is 22.2 Å². The number of fused-ring (bicyclic) bond motifs is 2. The van der Waals surface area contributed by atoms with E-state index in [4.69, 9.17) is 10.2 Å². The average Bonchev–Trinajstić information content (AvgIpc) is 3.32. The lowest BCUT2D eigenvalue weighted by Crippen LogP contribution is -2.39. The van der Waals surface area contributed by atoms with Gasteiger partial charge >= 0.3 is 11.9 Å². The molecule has 308 valence electrons. The van der Waals surface area contributed by atoms with Crippen molar-refractivity contribution in [3.8, 4) is 11.4 Å². The maximum atomic E-state index is 13.2. The quantitative estimate of drug-likeness (QED) is 0.119. The van der Waals surface area contributed by atoms with Crippen molar-refractivity contribution in [3.63, 3.8) is 0 Å². The second-order valence-corrected chi connectivity index (χ2v) is 13.9. The van der Waals surface area contributed by atoms with Crippen LogP contribution in [0.25, 0.3) is 57.5 Å². The lowest BCUT2D eigenvalue weighted by Gasteiger charge is -2.11. The highest BCUT2D eigenvalue weighted by Crippen LogP contribution is 2.18. The third kappa shape index (κ3) is 10.4. The largest absolute Gasteiger partial charge is 0.478 e. The zero-order valence-electron chi connectivity index (χ0n) is 33.5. The number of para-hydroxylation sites is 2. The molecule has 2 aromatic heterocycles. The van der Waals surface area contributed by atoms with E-state index in [1.54, 1.807) is 72.8 Å². The molecule has 3 heterocycles. The van der Waals surface area contributed by atoms with Crippen LogP contribution in [0.2, 0.25) is 0 Å². The van der Waals surface area contributed by atoms with E-state index < -0.39 is 11.9 Å². The van der Waals surface area contributed by atoms with E-state index in [1.807, 2.05) is 84.9 Å². The van der Waals surface area contributed by atoms with Gasteiger partial charge in [-0.15, -0.1) is 0 Å². The maximum absolute atomic E-state index is 13.2. The van der Waals surface area contributed by atoms with Crippen LogP contribution in [0, 0.1) is 0 Å². The third-order valence-corrected chi connectivity index (χ3v) is 9.75. The second kappa shape index (κ2) is 20.3. The van der Waals surface area contributed by atoms with Crippen LogP contribution in [0.5, 0.6) is 0 Å². The fourth-order valence-electron chi connectivity index (χ4n) is 6.60. The van der Waals surface area contributed by atoms with E-state index >= 15 is 0 Å². The Kier molecular flexibility index (Phi) is 13.8. The molecule has 1 aliphatic rings. The highest BCUT2D eigenvalue weighted by atomic mass is 16.4. The zero-order valence-corrected chi connectivity index (χ0v) is 33.5. The topological polar surface area (TPSA) is 168 Å². The van der Waals surface area contributed by atoms with E-state index in [0.29, 0.717) is 44.8 Å². The number of carbonyl (C=O) groups is 2. The normalized spacial score (nSPS) is 12.4. The first-order valence-corrected chi connectivity index (χ1v) is 19.9. The minimum Gasteiger partial charge on any atom is -0.478 e. The molecule has 8 aromatic rings. The molecule has 12 nitrogen and oxygen atoms in total. The Morgan fingerprint density at radius 3 is 1.13 bits per heavy atom. The number of hydrogen-bond donors (Lipinski definition) is 4. The van der Waals surface area contributed by atoms with Crippen molar-refractivity contribution in [2.24, 2.45) is 0 Å². The fraction of sp³-hybridized carbons (Fsp3) is 0.0800. The Morgan fingerprint density at radius 1 is 0.452 bits per heavy atom. The van der Waals surface area contributed by atoms with Crippen molar-refractivity contribution in [2.75, 3.05) is 26.2 Å². The summed E-state index contributed by atoms with van der Waals surface area (Å²) < 4.78 is 2.99. The molecule has 0 saturated carbocycles. The first-order valence-electron chi connectivity index (χ1n) is 19.9. The second-order valence-electron chi connectivity index (χ2n) is 13.9. The van der Waals surface area contributed by atoms with Crippen molar-refractivity contribution in [2.45, 2.75) is 0 Å². The average molecular weight is 823 g/mol. The molecule has 12 heteroatoms. The molecule has 4 N–H and O–H groups in total. The number of aromatic carboxylic acids is 2. The summed E-state index contributed by atoms with van der Waals surface area (Å²) in [6.45, 7) is 4.56. The molecule has 9 rings (SSSR count). The van der Waals surface area contributed by atoms with Gasteiger partial charge in [0.2, 0.25) is 0 Å². The predicted octanol–water partition coefficient (Wildman–Crippen LogP) is 7.69.